The zero-order chi connectivity index (χ0) is 21.4. The summed E-state index contributed by atoms with van der Waals surface area (Å²) in [6.45, 7) is 5.32. The number of amides is 2. The predicted octanol–water partition coefficient (Wildman–Crippen LogP) is -0.0454. The maximum absolute atomic E-state index is 13.3. The highest BCUT2D eigenvalue weighted by molar-refractivity contribution is 7.88. The molecule has 0 atom stereocenters. The molecule has 3 heterocycles. The van der Waals surface area contributed by atoms with Crippen molar-refractivity contribution in [3.8, 4) is 0 Å². The zero-order valence-electron chi connectivity index (χ0n) is 17.0. The summed E-state index contributed by atoms with van der Waals surface area (Å²) < 4.78 is 35.5. The highest BCUT2D eigenvalue weighted by Crippen LogP contribution is 2.42. The quantitative estimate of drug-likeness (QED) is 0.578. The number of piperazine rings is 1. The largest absolute Gasteiger partial charge is 0.450 e. The van der Waals surface area contributed by atoms with Gasteiger partial charge in [-0.25, -0.2) is 22.3 Å². The van der Waals surface area contributed by atoms with Gasteiger partial charge in [0.15, 0.2) is 0 Å². The van der Waals surface area contributed by atoms with Crippen molar-refractivity contribution in [3.63, 3.8) is 0 Å². The Morgan fingerprint density at radius 2 is 1.62 bits per heavy atom. The summed E-state index contributed by atoms with van der Waals surface area (Å²) >= 11 is 0. The minimum atomic E-state index is -3.34. The second-order valence-corrected chi connectivity index (χ2v) is 9.51. The third kappa shape index (κ3) is 4.11. The minimum absolute atomic E-state index is 0.187. The van der Waals surface area contributed by atoms with Crippen molar-refractivity contribution in [1.29, 1.82) is 0 Å². The van der Waals surface area contributed by atoms with E-state index < -0.39 is 27.7 Å². The number of nitrogens with zero attached hydrogens (tertiary/aromatic N) is 3. The molecule has 3 aliphatic heterocycles. The van der Waals surface area contributed by atoms with E-state index in [1.807, 2.05) is 0 Å². The van der Waals surface area contributed by atoms with Gasteiger partial charge in [0.05, 0.1) is 18.4 Å². The molecular weight excluding hydrogens is 402 g/mol. The number of carbonyl (C=O) groups excluding carboxylic acids is 3. The molecule has 1 spiro atoms. The number of hydrogen-bond donors (Lipinski definition) is 0. The lowest BCUT2D eigenvalue weighted by molar-refractivity contribution is -0.150. The van der Waals surface area contributed by atoms with Crippen LogP contribution in [0.1, 0.15) is 26.7 Å². The molecule has 3 aliphatic rings. The number of sulfonamides is 1. The highest BCUT2D eigenvalue weighted by Gasteiger charge is 2.52. The topological polar surface area (TPSA) is 114 Å². The molecule has 3 rings (SSSR count). The third-order valence-electron chi connectivity index (χ3n) is 5.73. The minimum Gasteiger partial charge on any atom is -0.450 e. The SMILES string of the molecule is CCOC(=O)N1CCN(C(=O)C2=C(C)C(=O)OC23CCN(S(C)(=O)=O)CC3)CC1. The first-order valence-corrected chi connectivity index (χ1v) is 11.5. The van der Waals surface area contributed by atoms with Crippen LogP contribution in [0.15, 0.2) is 11.1 Å². The summed E-state index contributed by atoms with van der Waals surface area (Å²) in [6, 6.07) is 0. The van der Waals surface area contributed by atoms with Gasteiger partial charge in [-0.1, -0.05) is 0 Å². The van der Waals surface area contributed by atoms with E-state index in [2.05, 4.69) is 0 Å². The third-order valence-corrected chi connectivity index (χ3v) is 7.03. The van der Waals surface area contributed by atoms with Crippen LogP contribution in [-0.4, -0.2) is 98.2 Å². The van der Waals surface area contributed by atoms with Crippen molar-refractivity contribution < 1.29 is 32.3 Å². The van der Waals surface area contributed by atoms with Gasteiger partial charge in [-0.15, -0.1) is 0 Å². The van der Waals surface area contributed by atoms with Crippen molar-refractivity contribution in [2.24, 2.45) is 0 Å². The van der Waals surface area contributed by atoms with Gasteiger partial charge in [-0.3, -0.25) is 4.79 Å². The Kier molecular flexibility index (Phi) is 5.91. The maximum Gasteiger partial charge on any atom is 0.409 e. The molecular formula is C18H27N3O7S. The first-order valence-electron chi connectivity index (χ1n) is 9.70. The normalized spacial score (nSPS) is 22.8. The van der Waals surface area contributed by atoms with Crippen molar-refractivity contribution in [2.45, 2.75) is 32.3 Å². The number of ether oxygens (including phenoxy) is 2. The Balaban J connectivity index is 1.73. The van der Waals surface area contributed by atoms with Crippen molar-refractivity contribution >= 4 is 28.0 Å². The average Bonchev–Trinajstić information content (AvgIpc) is 2.91. The van der Waals surface area contributed by atoms with Crippen LogP contribution in [0, 0.1) is 0 Å². The molecule has 2 amide bonds. The lowest BCUT2D eigenvalue weighted by Crippen LogP contribution is -2.54. The Morgan fingerprint density at radius 1 is 1.07 bits per heavy atom. The van der Waals surface area contributed by atoms with E-state index in [-0.39, 0.29) is 44.0 Å². The van der Waals surface area contributed by atoms with Gasteiger partial charge < -0.3 is 19.3 Å². The molecule has 0 saturated carbocycles. The maximum atomic E-state index is 13.3. The molecule has 29 heavy (non-hydrogen) atoms. The second kappa shape index (κ2) is 7.94. The molecule has 0 radical (unpaired) electrons. The van der Waals surface area contributed by atoms with Gasteiger partial charge in [-0.05, 0) is 13.8 Å². The molecule has 0 N–H and O–H groups in total. The van der Waals surface area contributed by atoms with Gasteiger partial charge in [0.2, 0.25) is 10.0 Å². The highest BCUT2D eigenvalue weighted by atomic mass is 32.2. The summed E-state index contributed by atoms with van der Waals surface area (Å²) in [5, 5.41) is 0. The van der Waals surface area contributed by atoms with Crippen molar-refractivity contribution in [2.75, 3.05) is 52.1 Å². The van der Waals surface area contributed by atoms with E-state index in [0.717, 1.165) is 6.26 Å². The molecule has 0 aromatic carbocycles. The van der Waals surface area contributed by atoms with E-state index in [0.29, 0.717) is 31.8 Å². The molecule has 0 aromatic rings. The Labute approximate surface area is 170 Å². The van der Waals surface area contributed by atoms with Gasteiger partial charge in [0.1, 0.15) is 5.60 Å². The fraction of sp³-hybridized carbons (Fsp3) is 0.722. The van der Waals surface area contributed by atoms with Gasteiger partial charge in [0.25, 0.3) is 5.91 Å². The molecule has 0 aromatic heterocycles. The monoisotopic (exact) mass is 429 g/mol. The summed E-state index contributed by atoms with van der Waals surface area (Å²) in [5.41, 5.74) is -0.492. The first kappa shape index (κ1) is 21.6. The van der Waals surface area contributed by atoms with E-state index in [4.69, 9.17) is 9.47 Å². The van der Waals surface area contributed by atoms with Crippen LogP contribution in [0.2, 0.25) is 0 Å². The average molecular weight is 429 g/mol. The fourth-order valence-corrected chi connectivity index (χ4v) is 4.95. The second-order valence-electron chi connectivity index (χ2n) is 7.52. The number of esters is 1. The number of hydrogen-bond acceptors (Lipinski definition) is 7. The summed E-state index contributed by atoms with van der Waals surface area (Å²) in [7, 11) is -3.34. The van der Waals surface area contributed by atoms with Crippen LogP contribution in [0.3, 0.4) is 0 Å². The van der Waals surface area contributed by atoms with E-state index in [1.165, 1.54) is 4.31 Å². The van der Waals surface area contributed by atoms with E-state index >= 15 is 0 Å². The van der Waals surface area contributed by atoms with Crippen LogP contribution >= 0.6 is 0 Å². The standard InChI is InChI=1S/C18H27N3O7S/c1-4-27-17(24)20-11-9-19(10-12-20)15(22)14-13(2)16(23)28-18(14)5-7-21(8-6-18)29(3,25)26/h4-12H2,1-3H3. The zero-order valence-corrected chi connectivity index (χ0v) is 17.8. The Morgan fingerprint density at radius 3 is 2.14 bits per heavy atom. The molecule has 0 bridgehead atoms. The fourth-order valence-electron chi connectivity index (χ4n) is 4.10. The summed E-state index contributed by atoms with van der Waals surface area (Å²) in [6.07, 6.45) is 1.22. The molecule has 11 heteroatoms. The molecule has 0 unspecified atom stereocenters. The van der Waals surface area contributed by atoms with Crippen molar-refractivity contribution in [1.82, 2.24) is 14.1 Å². The lowest BCUT2D eigenvalue weighted by atomic mass is 9.83. The lowest BCUT2D eigenvalue weighted by Gasteiger charge is -2.40. The summed E-state index contributed by atoms with van der Waals surface area (Å²) in [5.74, 6) is -0.823. The van der Waals surface area contributed by atoms with Crippen molar-refractivity contribution in [3.05, 3.63) is 11.1 Å². The molecule has 162 valence electrons. The van der Waals surface area contributed by atoms with Crippen LogP contribution in [0.5, 0.6) is 0 Å². The van der Waals surface area contributed by atoms with E-state index in [1.54, 1.807) is 23.6 Å². The first-order chi connectivity index (χ1) is 13.6. The van der Waals surface area contributed by atoms with E-state index in [9.17, 15) is 22.8 Å². The number of carbonyl (C=O) groups is 3. The van der Waals surface area contributed by atoms with Crippen LogP contribution in [-0.2, 0) is 29.1 Å². The van der Waals surface area contributed by atoms with Gasteiger partial charge in [-0.2, -0.15) is 0 Å². The smallest absolute Gasteiger partial charge is 0.409 e. The Hall–Kier alpha value is -2.14. The van der Waals surface area contributed by atoms with Crippen LogP contribution in [0.4, 0.5) is 4.79 Å². The molecule has 10 nitrogen and oxygen atoms in total. The van der Waals surface area contributed by atoms with Gasteiger partial charge >= 0.3 is 12.1 Å². The number of piperidine rings is 1. The van der Waals surface area contributed by atoms with Crippen LogP contribution < -0.4 is 0 Å². The number of rotatable bonds is 3. The molecule has 2 fully saturated rings. The predicted molar refractivity (Wildman–Crippen MR) is 102 cm³/mol. The molecule has 2 saturated heterocycles. The van der Waals surface area contributed by atoms with Gasteiger partial charge in [0, 0.05) is 57.7 Å². The Bertz CT molecular complexity index is 836. The molecule has 0 aliphatic carbocycles. The van der Waals surface area contributed by atoms with Crippen LogP contribution in [0.25, 0.3) is 0 Å². The summed E-state index contributed by atoms with van der Waals surface area (Å²) in [4.78, 5) is 40.6.